The summed E-state index contributed by atoms with van der Waals surface area (Å²) in [6.07, 6.45) is 0. The van der Waals surface area contributed by atoms with E-state index in [-0.39, 0.29) is 0 Å². The lowest BCUT2D eigenvalue weighted by atomic mass is 10.1. The van der Waals surface area contributed by atoms with Crippen molar-refractivity contribution < 1.29 is 4.74 Å². The summed E-state index contributed by atoms with van der Waals surface area (Å²) in [5.41, 5.74) is 2.31. The molecule has 2 rings (SSSR count). The second-order valence-electron chi connectivity index (χ2n) is 3.40. The zero-order chi connectivity index (χ0) is 11.5. The number of halogens is 1. The van der Waals surface area contributed by atoms with Crippen LogP contribution in [0.1, 0.15) is 16.1 Å². The number of nitrogens with zero attached hydrogens (tertiary/aromatic N) is 2. The molecule has 2 aromatic rings. The molecular weight excluding hydrogens is 244 g/mol. The fourth-order valence-electron chi connectivity index (χ4n) is 1.26. The molecular formula is C11H11ClN2OS. The molecule has 1 aromatic heterocycles. The first-order valence-corrected chi connectivity index (χ1v) is 6.18. The second kappa shape index (κ2) is 4.80. The highest BCUT2D eigenvalue weighted by Crippen LogP contribution is 2.29. The maximum atomic E-state index is 5.66. The van der Waals surface area contributed by atoms with Crippen LogP contribution in [0.4, 0.5) is 0 Å². The first-order chi connectivity index (χ1) is 7.70. The number of aromatic nitrogens is 2. The minimum atomic E-state index is 0.369. The van der Waals surface area contributed by atoms with Gasteiger partial charge in [0.25, 0.3) is 5.19 Å². The highest BCUT2D eigenvalue weighted by Gasteiger charge is 2.07. The molecule has 0 aliphatic carbocycles. The van der Waals surface area contributed by atoms with Crippen molar-refractivity contribution in [3.05, 3.63) is 34.3 Å². The molecule has 0 radical (unpaired) electrons. The van der Waals surface area contributed by atoms with E-state index in [9.17, 15) is 0 Å². The van der Waals surface area contributed by atoms with Crippen molar-refractivity contribution in [3.63, 3.8) is 0 Å². The standard InChI is InChI=1S/C11H11ClN2OS/c1-7-4-3-5-9(8(7)2)15-11-14-13-10(6-12)16-11/h3-5H,6H2,1-2H3. The maximum Gasteiger partial charge on any atom is 0.299 e. The van der Waals surface area contributed by atoms with E-state index in [0.717, 1.165) is 16.3 Å². The van der Waals surface area contributed by atoms with Gasteiger partial charge in [0.05, 0.1) is 5.88 Å². The number of hydrogen-bond acceptors (Lipinski definition) is 4. The number of alkyl halides is 1. The number of rotatable bonds is 3. The Labute approximate surface area is 103 Å². The molecule has 84 valence electrons. The Kier molecular flexibility index (Phi) is 3.41. The van der Waals surface area contributed by atoms with Crippen LogP contribution in [0.5, 0.6) is 10.9 Å². The van der Waals surface area contributed by atoms with Crippen LogP contribution < -0.4 is 4.74 Å². The van der Waals surface area contributed by atoms with Gasteiger partial charge < -0.3 is 4.74 Å². The van der Waals surface area contributed by atoms with Crippen LogP contribution in [-0.2, 0) is 5.88 Å². The number of aryl methyl sites for hydroxylation is 1. The molecule has 0 spiro atoms. The van der Waals surface area contributed by atoms with Crippen molar-refractivity contribution in [2.45, 2.75) is 19.7 Å². The van der Waals surface area contributed by atoms with E-state index in [1.165, 1.54) is 16.9 Å². The van der Waals surface area contributed by atoms with Crippen molar-refractivity contribution in [3.8, 4) is 10.9 Å². The normalized spacial score (nSPS) is 10.4. The van der Waals surface area contributed by atoms with Gasteiger partial charge in [0, 0.05) is 0 Å². The molecule has 5 heteroatoms. The molecule has 0 N–H and O–H groups in total. The lowest BCUT2D eigenvalue weighted by Crippen LogP contribution is -1.89. The second-order valence-corrected chi connectivity index (χ2v) is 4.69. The van der Waals surface area contributed by atoms with Gasteiger partial charge in [0.15, 0.2) is 0 Å². The van der Waals surface area contributed by atoms with Gasteiger partial charge in [0.1, 0.15) is 10.8 Å². The lowest BCUT2D eigenvalue weighted by molar-refractivity contribution is 0.469. The molecule has 0 aliphatic heterocycles. The molecule has 0 saturated heterocycles. The van der Waals surface area contributed by atoms with Crippen molar-refractivity contribution in [1.29, 1.82) is 0 Å². The van der Waals surface area contributed by atoms with Gasteiger partial charge in [-0.05, 0) is 31.0 Å². The van der Waals surface area contributed by atoms with Gasteiger partial charge in [-0.1, -0.05) is 28.6 Å². The van der Waals surface area contributed by atoms with E-state index in [1.54, 1.807) is 0 Å². The van der Waals surface area contributed by atoms with Crippen LogP contribution in [0.2, 0.25) is 0 Å². The monoisotopic (exact) mass is 254 g/mol. The van der Waals surface area contributed by atoms with Gasteiger partial charge >= 0.3 is 0 Å². The molecule has 0 saturated carbocycles. The molecule has 0 fully saturated rings. The summed E-state index contributed by atoms with van der Waals surface area (Å²) in [6.45, 7) is 4.07. The first-order valence-electron chi connectivity index (χ1n) is 4.83. The highest BCUT2D eigenvalue weighted by molar-refractivity contribution is 7.13. The molecule has 0 amide bonds. The van der Waals surface area contributed by atoms with Crippen LogP contribution in [0.3, 0.4) is 0 Å². The number of ether oxygens (including phenoxy) is 1. The van der Waals surface area contributed by atoms with Crippen LogP contribution in [-0.4, -0.2) is 10.2 Å². The van der Waals surface area contributed by atoms with Crippen molar-refractivity contribution in [2.75, 3.05) is 0 Å². The molecule has 16 heavy (non-hydrogen) atoms. The molecule has 3 nitrogen and oxygen atoms in total. The van der Waals surface area contributed by atoms with E-state index in [0.29, 0.717) is 11.1 Å². The Balaban J connectivity index is 2.23. The highest BCUT2D eigenvalue weighted by atomic mass is 35.5. The summed E-state index contributed by atoms with van der Waals surface area (Å²) in [5, 5.41) is 9.11. The summed E-state index contributed by atoms with van der Waals surface area (Å²) in [5.74, 6) is 1.19. The fourth-order valence-corrected chi connectivity index (χ4v) is 2.03. The number of benzene rings is 1. The average Bonchev–Trinajstić information content (AvgIpc) is 2.73. The maximum absolute atomic E-state index is 5.66. The molecule has 0 unspecified atom stereocenters. The van der Waals surface area contributed by atoms with Crippen LogP contribution in [0.15, 0.2) is 18.2 Å². The van der Waals surface area contributed by atoms with Crippen LogP contribution >= 0.6 is 22.9 Å². The first kappa shape index (κ1) is 11.4. The third-order valence-electron chi connectivity index (χ3n) is 2.31. The summed E-state index contributed by atoms with van der Waals surface area (Å²) in [7, 11) is 0. The largest absolute Gasteiger partial charge is 0.430 e. The average molecular weight is 255 g/mol. The third kappa shape index (κ3) is 2.33. The van der Waals surface area contributed by atoms with E-state index in [4.69, 9.17) is 16.3 Å². The predicted octanol–water partition coefficient (Wildman–Crippen LogP) is 3.69. The molecule has 1 heterocycles. The lowest BCUT2D eigenvalue weighted by Gasteiger charge is -2.06. The summed E-state index contributed by atoms with van der Waals surface area (Å²) in [6, 6.07) is 5.93. The molecule has 0 aliphatic rings. The van der Waals surface area contributed by atoms with E-state index in [2.05, 4.69) is 10.2 Å². The zero-order valence-corrected chi connectivity index (χ0v) is 10.6. The Morgan fingerprint density at radius 2 is 2.12 bits per heavy atom. The van der Waals surface area contributed by atoms with Crippen LogP contribution in [0.25, 0.3) is 0 Å². The Morgan fingerprint density at radius 3 is 2.81 bits per heavy atom. The zero-order valence-electron chi connectivity index (χ0n) is 9.03. The van der Waals surface area contributed by atoms with E-state index < -0.39 is 0 Å². The molecule has 0 atom stereocenters. The van der Waals surface area contributed by atoms with Gasteiger partial charge in [-0.15, -0.1) is 16.7 Å². The fraction of sp³-hybridized carbons (Fsp3) is 0.273. The Hall–Kier alpha value is -1.13. The smallest absolute Gasteiger partial charge is 0.299 e. The summed E-state index contributed by atoms with van der Waals surface area (Å²) >= 11 is 7.02. The van der Waals surface area contributed by atoms with Crippen molar-refractivity contribution in [1.82, 2.24) is 10.2 Å². The minimum Gasteiger partial charge on any atom is -0.430 e. The van der Waals surface area contributed by atoms with Gasteiger partial charge in [-0.2, -0.15) is 0 Å². The Bertz CT molecular complexity index is 498. The number of hydrogen-bond donors (Lipinski definition) is 0. The third-order valence-corrected chi connectivity index (χ3v) is 3.53. The quantitative estimate of drug-likeness (QED) is 0.784. The van der Waals surface area contributed by atoms with Gasteiger partial charge in [-0.25, -0.2) is 0 Å². The molecule has 1 aromatic carbocycles. The predicted molar refractivity (Wildman–Crippen MR) is 65.5 cm³/mol. The van der Waals surface area contributed by atoms with E-state index in [1.807, 2.05) is 32.0 Å². The van der Waals surface area contributed by atoms with E-state index >= 15 is 0 Å². The van der Waals surface area contributed by atoms with Gasteiger partial charge in [-0.3, -0.25) is 0 Å². The Morgan fingerprint density at radius 1 is 1.31 bits per heavy atom. The molecule has 0 bridgehead atoms. The summed E-state index contributed by atoms with van der Waals surface area (Å²) in [4.78, 5) is 0. The minimum absolute atomic E-state index is 0.369. The topological polar surface area (TPSA) is 35.0 Å². The SMILES string of the molecule is Cc1cccc(Oc2nnc(CCl)s2)c1C. The van der Waals surface area contributed by atoms with Crippen LogP contribution in [0, 0.1) is 13.8 Å². The van der Waals surface area contributed by atoms with Crippen molar-refractivity contribution in [2.24, 2.45) is 0 Å². The summed E-state index contributed by atoms with van der Waals surface area (Å²) < 4.78 is 5.66. The van der Waals surface area contributed by atoms with Gasteiger partial charge in [0.2, 0.25) is 0 Å². The van der Waals surface area contributed by atoms with Crippen molar-refractivity contribution >= 4 is 22.9 Å².